The number of nitrogens with one attached hydrogen (secondary N) is 1. The molecule has 6 nitrogen and oxygen atoms in total. The Balaban J connectivity index is 1.97. The Morgan fingerprint density at radius 3 is 2.53 bits per heavy atom. The first kappa shape index (κ1) is 22.0. The third-order valence-corrected chi connectivity index (χ3v) is 5.22. The molecule has 1 N–H and O–H groups in total. The van der Waals surface area contributed by atoms with E-state index < -0.39 is 5.60 Å². The fraction of sp³-hybridized carbons (Fsp3) is 0.417. The van der Waals surface area contributed by atoms with Crippen LogP contribution >= 0.6 is 0 Å². The molecule has 1 aliphatic rings. The molecule has 1 heterocycles. The smallest absolute Gasteiger partial charge is 0.254 e. The molecule has 1 saturated heterocycles. The molecule has 0 saturated carbocycles. The summed E-state index contributed by atoms with van der Waals surface area (Å²) in [6, 6.07) is 18.1. The standard InChI is InChI=1S/C24H30N2O4/c1-18(2)25-23(28)24(17-26(13-14-30-24)22(27)16-29-3)15-20-11-7-8-12-21(20)19-9-5-4-6-10-19/h4-12,18H,13-17H2,1-3H3,(H,25,28)/t24-/m1/s1. The summed E-state index contributed by atoms with van der Waals surface area (Å²) in [6.07, 6.45) is 0.368. The first-order valence-corrected chi connectivity index (χ1v) is 10.3. The zero-order valence-electron chi connectivity index (χ0n) is 17.9. The number of benzene rings is 2. The Labute approximate surface area is 178 Å². The highest BCUT2D eigenvalue weighted by atomic mass is 16.5. The molecule has 0 bridgehead atoms. The number of hydrogen-bond donors (Lipinski definition) is 1. The average Bonchev–Trinajstić information content (AvgIpc) is 2.74. The summed E-state index contributed by atoms with van der Waals surface area (Å²) < 4.78 is 11.1. The van der Waals surface area contributed by atoms with Crippen molar-refractivity contribution in [1.29, 1.82) is 0 Å². The fourth-order valence-electron chi connectivity index (χ4n) is 3.81. The van der Waals surface area contributed by atoms with E-state index in [-0.39, 0.29) is 31.0 Å². The zero-order valence-corrected chi connectivity index (χ0v) is 17.9. The summed E-state index contributed by atoms with van der Waals surface area (Å²) in [4.78, 5) is 27.5. The van der Waals surface area contributed by atoms with Crippen LogP contribution in [0.4, 0.5) is 0 Å². The van der Waals surface area contributed by atoms with Gasteiger partial charge in [-0.3, -0.25) is 9.59 Å². The molecule has 0 unspecified atom stereocenters. The van der Waals surface area contributed by atoms with Crippen molar-refractivity contribution in [2.75, 3.05) is 33.4 Å². The molecule has 2 aromatic rings. The first-order valence-electron chi connectivity index (χ1n) is 10.3. The number of methoxy groups -OCH3 is 1. The van der Waals surface area contributed by atoms with Gasteiger partial charge in [-0.2, -0.15) is 0 Å². The van der Waals surface area contributed by atoms with Crippen LogP contribution in [-0.4, -0.2) is 61.8 Å². The Kier molecular flexibility index (Phi) is 7.24. The average molecular weight is 411 g/mol. The normalized spacial score (nSPS) is 19.0. The summed E-state index contributed by atoms with van der Waals surface area (Å²) in [7, 11) is 1.49. The number of amides is 2. The molecule has 1 atom stereocenters. The third-order valence-electron chi connectivity index (χ3n) is 5.22. The minimum absolute atomic E-state index is 0.0114. The van der Waals surface area contributed by atoms with E-state index in [2.05, 4.69) is 23.5 Å². The Morgan fingerprint density at radius 1 is 1.13 bits per heavy atom. The highest BCUT2D eigenvalue weighted by Crippen LogP contribution is 2.30. The number of nitrogens with zero attached hydrogens (tertiary/aromatic N) is 1. The second-order valence-electron chi connectivity index (χ2n) is 7.92. The van der Waals surface area contributed by atoms with E-state index in [9.17, 15) is 9.59 Å². The van der Waals surface area contributed by atoms with Crippen molar-refractivity contribution >= 4 is 11.8 Å². The molecule has 1 fully saturated rings. The molecule has 1 aliphatic heterocycles. The number of carbonyl (C=O) groups is 2. The largest absolute Gasteiger partial charge is 0.375 e. The molecule has 2 amide bonds. The van der Waals surface area contributed by atoms with Crippen molar-refractivity contribution in [3.8, 4) is 11.1 Å². The Hall–Kier alpha value is -2.70. The Morgan fingerprint density at radius 2 is 1.83 bits per heavy atom. The number of carbonyl (C=O) groups excluding carboxylic acids is 2. The van der Waals surface area contributed by atoms with Gasteiger partial charge in [-0.05, 0) is 30.5 Å². The summed E-state index contributed by atoms with van der Waals surface area (Å²) >= 11 is 0. The molecule has 160 valence electrons. The summed E-state index contributed by atoms with van der Waals surface area (Å²) in [5, 5.41) is 2.99. The summed E-state index contributed by atoms with van der Waals surface area (Å²) in [5.41, 5.74) is 1.98. The lowest BCUT2D eigenvalue weighted by Gasteiger charge is -2.42. The van der Waals surface area contributed by atoms with E-state index >= 15 is 0 Å². The summed E-state index contributed by atoms with van der Waals surface area (Å²) in [5.74, 6) is -0.339. The van der Waals surface area contributed by atoms with Crippen molar-refractivity contribution in [3.63, 3.8) is 0 Å². The van der Waals surface area contributed by atoms with Gasteiger partial charge in [-0.15, -0.1) is 0 Å². The highest BCUT2D eigenvalue weighted by Gasteiger charge is 2.45. The van der Waals surface area contributed by atoms with Crippen molar-refractivity contribution in [1.82, 2.24) is 10.2 Å². The molecule has 2 aromatic carbocycles. The predicted molar refractivity (Wildman–Crippen MR) is 116 cm³/mol. The molecule has 0 aromatic heterocycles. The maximum absolute atomic E-state index is 13.3. The molecule has 3 rings (SSSR count). The number of morpholine rings is 1. The van der Waals surface area contributed by atoms with Crippen LogP contribution in [0.15, 0.2) is 54.6 Å². The maximum Gasteiger partial charge on any atom is 0.254 e. The van der Waals surface area contributed by atoms with Crippen LogP contribution in [0, 0.1) is 0 Å². The van der Waals surface area contributed by atoms with Crippen molar-refractivity contribution in [3.05, 3.63) is 60.2 Å². The molecular formula is C24H30N2O4. The lowest BCUT2D eigenvalue weighted by atomic mass is 9.87. The van der Waals surface area contributed by atoms with E-state index in [1.807, 2.05) is 50.2 Å². The Bertz CT molecular complexity index is 869. The number of ether oxygens (including phenoxy) is 2. The SMILES string of the molecule is COCC(=O)N1CCO[C@@](Cc2ccccc2-c2ccccc2)(C(=O)NC(C)C)C1. The number of hydrogen-bond acceptors (Lipinski definition) is 4. The molecular weight excluding hydrogens is 380 g/mol. The van der Waals surface area contributed by atoms with E-state index in [4.69, 9.17) is 9.47 Å². The predicted octanol–water partition coefficient (Wildman–Crippen LogP) is 2.66. The third kappa shape index (κ3) is 5.07. The van der Waals surface area contributed by atoms with Gasteiger partial charge >= 0.3 is 0 Å². The van der Waals surface area contributed by atoms with E-state index in [1.165, 1.54) is 7.11 Å². The quantitative estimate of drug-likeness (QED) is 0.762. The highest BCUT2D eigenvalue weighted by molar-refractivity contribution is 5.88. The minimum atomic E-state index is -1.16. The second-order valence-corrected chi connectivity index (χ2v) is 7.92. The van der Waals surface area contributed by atoms with Crippen LogP contribution < -0.4 is 5.32 Å². The van der Waals surface area contributed by atoms with E-state index in [0.717, 1.165) is 16.7 Å². The molecule has 0 radical (unpaired) electrons. The van der Waals surface area contributed by atoms with Crippen LogP contribution in [0.1, 0.15) is 19.4 Å². The van der Waals surface area contributed by atoms with E-state index in [0.29, 0.717) is 19.6 Å². The maximum atomic E-state index is 13.3. The van der Waals surface area contributed by atoms with Crippen LogP contribution in [0.3, 0.4) is 0 Å². The monoisotopic (exact) mass is 410 g/mol. The van der Waals surface area contributed by atoms with Gasteiger partial charge in [0.2, 0.25) is 5.91 Å². The molecule has 0 spiro atoms. The van der Waals surface area contributed by atoms with Gasteiger partial charge in [0.1, 0.15) is 6.61 Å². The second kappa shape index (κ2) is 9.87. The molecule has 6 heteroatoms. The van der Waals surface area contributed by atoms with Crippen LogP contribution in [0.25, 0.3) is 11.1 Å². The lowest BCUT2D eigenvalue weighted by Crippen LogP contribution is -2.63. The van der Waals surface area contributed by atoms with Gasteiger partial charge in [0.25, 0.3) is 5.91 Å². The first-order chi connectivity index (χ1) is 14.4. The van der Waals surface area contributed by atoms with Crippen molar-refractivity contribution in [2.24, 2.45) is 0 Å². The van der Waals surface area contributed by atoms with Crippen molar-refractivity contribution in [2.45, 2.75) is 31.9 Å². The van der Waals surface area contributed by atoms with Gasteiger partial charge < -0.3 is 19.7 Å². The lowest BCUT2D eigenvalue weighted by molar-refractivity contribution is -0.167. The van der Waals surface area contributed by atoms with Gasteiger partial charge in [-0.25, -0.2) is 0 Å². The topological polar surface area (TPSA) is 67.9 Å². The van der Waals surface area contributed by atoms with E-state index in [1.54, 1.807) is 4.90 Å². The van der Waals surface area contributed by atoms with Gasteiger partial charge in [0.05, 0.1) is 13.2 Å². The van der Waals surface area contributed by atoms with Crippen LogP contribution in [-0.2, 0) is 25.5 Å². The molecule has 0 aliphatic carbocycles. The van der Waals surface area contributed by atoms with Crippen LogP contribution in [0.5, 0.6) is 0 Å². The zero-order chi connectivity index (χ0) is 21.6. The van der Waals surface area contributed by atoms with Gasteiger partial charge in [0, 0.05) is 26.1 Å². The van der Waals surface area contributed by atoms with Crippen LogP contribution in [0.2, 0.25) is 0 Å². The summed E-state index contributed by atoms with van der Waals surface area (Å²) in [6.45, 7) is 4.76. The minimum Gasteiger partial charge on any atom is -0.375 e. The van der Waals surface area contributed by atoms with Gasteiger partial charge in [-0.1, -0.05) is 54.6 Å². The van der Waals surface area contributed by atoms with Crippen molar-refractivity contribution < 1.29 is 19.1 Å². The fourth-order valence-corrected chi connectivity index (χ4v) is 3.81. The molecule has 30 heavy (non-hydrogen) atoms. The number of rotatable bonds is 7. The van der Waals surface area contributed by atoms with Gasteiger partial charge in [0.15, 0.2) is 5.60 Å².